The third-order valence-electron chi connectivity index (χ3n) is 6.08. The molecule has 0 unspecified atom stereocenters. The van der Waals surface area contributed by atoms with E-state index in [1.807, 2.05) is 48.5 Å². The Hall–Kier alpha value is -4.18. The first-order chi connectivity index (χ1) is 15.0. The molecule has 0 heterocycles. The number of carboxylic acid groups (broad SMARTS) is 2. The maximum atomic E-state index is 11.4. The van der Waals surface area contributed by atoms with Gasteiger partial charge in [-0.3, -0.25) is 0 Å². The fourth-order valence-electron chi connectivity index (χ4n) is 4.75. The Kier molecular flexibility index (Phi) is 4.22. The Morgan fingerprint density at radius 1 is 0.516 bits per heavy atom. The van der Waals surface area contributed by atoms with Crippen molar-refractivity contribution < 1.29 is 19.8 Å². The van der Waals surface area contributed by atoms with Crippen molar-refractivity contribution in [2.45, 2.75) is 5.41 Å². The van der Waals surface area contributed by atoms with E-state index in [9.17, 15) is 19.8 Å². The molecule has 0 atom stereocenters. The van der Waals surface area contributed by atoms with Crippen molar-refractivity contribution in [1.82, 2.24) is 0 Å². The second-order valence-corrected chi connectivity index (χ2v) is 7.61. The second kappa shape index (κ2) is 6.96. The van der Waals surface area contributed by atoms with Crippen molar-refractivity contribution in [3.8, 4) is 11.1 Å². The fourth-order valence-corrected chi connectivity index (χ4v) is 4.75. The Balaban J connectivity index is 1.86. The Bertz CT molecular complexity index is 1210. The van der Waals surface area contributed by atoms with Crippen LogP contribution in [0.25, 0.3) is 11.1 Å². The number of aromatic carboxylic acids is 2. The lowest BCUT2D eigenvalue weighted by Crippen LogP contribution is -2.28. The van der Waals surface area contributed by atoms with Gasteiger partial charge in [-0.15, -0.1) is 0 Å². The SMILES string of the molecule is O=C(O)c1ccc(C2(c3ccc(C(=O)O)cc3)c3ccccc3-c3ccccc32)cc1. The lowest BCUT2D eigenvalue weighted by Gasteiger charge is -2.34. The van der Waals surface area contributed by atoms with Crippen molar-refractivity contribution in [3.05, 3.63) is 130 Å². The van der Waals surface area contributed by atoms with Crippen molar-refractivity contribution in [2.24, 2.45) is 0 Å². The number of carboxylic acids is 2. The molecular weight excluding hydrogens is 388 g/mol. The summed E-state index contributed by atoms with van der Waals surface area (Å²) in [5.41, 5.74) is 6.02. The van der Waals surface area contributed by atoms with Gasteiger partial charge in [0, 0.05) is 0 Å². The predicted molar refractivity (Wildman–Crippen MR) is 118 cm³/mol. The van der Waals surface area contributed by atoms with Gasteiger partial charge in [-0.2, -0.15) is 0 Å². The third kappa shape index (κ3) is 2.69. The van der Waals surface area contributed by atoms with Crippen molar-refractivity contribution in [3.63, 3.8) is 0 Å². The molecule has 0 aliphatic heterocycles. The van der Waals surface area contributed by atoms with Gasteiger partial charge in [-0.05, 0) is 57.6 Å². The van der Waals surface area contributed by atoms with E-state index in [1.165, 1.54) is 0 Å². The molecule has 5 rings (SSSR count). The van der Waals surface area contributed by atoms with Crippen molar-refractivity contribution >= 4 is 11.9 Å². The van der Waals surface area contributed by atoms with Gasteiger partial charge in [0.2, 0.25) is 0 Å². The first kappa shape index (κ1) is 18.8. The minimum absolute atomic E-state index is 0.222. The molecule has 0 saturated heterocycles. The summed E-state index contributed by atoms with van der Waals surface area (Å²) in [5, 5.41) is 18.7. The Morgan fingerprint density at radius 3 is 1.23 bits per heavy atom. The van der Waals surface area contributed by atoms with Gasteiger partial charge in [-0.25, -0.2) is 9.59 Å². The summed E-state index contributed by atoms with van der Waals surface area (Å²) in [6, 6.07) is 30.3. The molecule has 4 nitrogen and oxygen atoms in total. The van der Waals surface area contributed by atoms with Crippen molar-refractivity contribution in [1.29, 1.82) is 0 Å². The number of rotatable bonds is 4. The second-order valence-electron chi connectivity index (χ2n) is 7.61. The quantitative estimate of drug-likeness (QED) is 0.416. The van der Waals surface area contributed by atoms with Crippen molar-refractivity contribution in [2.75, 3.05) is 0 Å². The summed E-state index contributed by atoms with van der Waals surface area (Å²) >= 11 is 0. The zero-order chi connectivity index (χ0) is 21.6. The van der Waals surface area contributed by atoms with Crippen LogP contribution in [-0.4, -0.2) is 22.2 Å². The van der Waals surface area contributed by atoms with Crippen LogP contribution in [0.3, 0.4) is 0 Å². The number of hydrogen-bond donors (Lipinski definition) is 2. The Morgan fingerprint density at radius 2 is 0.871 bits per heavy atom. The molecule has 2 N–H and O–H groups in total. The molecule has 0 amide bonds. The normalized spacial score (nSPS) is 13.3. The molecule has 0 radical (unpaired) electrons. The molecule has 0 fully saturated rings. The van der Waals surface area contributed by atoms with Crippen LogP contribution < -0.4 is 0 Å². The number of carbonyl (C=O) groups is 2. The Labute approximate surface area is 179 Å². The highest BCUT2D eigenvalue weighted by Gasteiger charge is 2.45. The van der Waals surface area contributed by atoms with Gasteiger partial charge in [0.1, 0.15) is 0 Å². The zero-order valence-corrected chi connectivity index (χ0v) is 16.4. The molecule has 31 heavy (non-hydrogen) atoms. The standard InChI is InChI=1S/C27H18O4/c28-25(29)17-9-13-19(14-10-17)27(20-15-11-18(12-16-20)26(30)31)23-7-3-1-5-21(23)22-6-2-4-8-24(22)27/h1-16H,(H,28,29)(H,30,31). The summed E-state index contributed by atoms with van der Waals surface area (Å²) in [6.07, 6.45) is 0. The highest BCUT2D eigenvalue weighted by atomic mass is 16.4. The van der Waals surface area contributed by atoms with Crippen LogP contribution in [-0.2, 0) is 5.41 Å². The number of benzene rings is 4. The molecular formula is C27H18O4. The zero-order valence-electron chi connectivity index (χ0n) is 16.4. The van der Waals surface area contributed by atoms with Crippen LogP contribution in [0.2, 0.25) is 0 Å². The van der Waals surface area contributed by atoms with E-state index in [2.05, 4.69) is 24.3 Å². The van der Waals surface area contributed by atoms with E-state index in [1.54, 1.807) is 24.3 Å². The minimum Gasteiger partial charge on any atom is -0.478 e. The van der Waals surface area contributed by atoms with Gasteiger partial charge in [0.15, 0.2) is 0 Å². The molecule has 0 spiro atoms. The van der Waals surface area contributed by atoms with Gasteiger partial charge in [0.05, 0.1) is 16.5 Å². The van der Waals surface area contributed by atoms with Crippen LogP contribution in [0.4, 0.5) is 0 Å². The molecule has 1 aliphatic carbocycles. The molecule has 1 aliphatic rings. The van der Waals surface area contributed by atoms with E-state index in [4.69, 9.17) is 0 Å². The molecule has 0 bridgehead atoms. The van der Waals surface area contributed by atoms with E-state index in [0.717, 1.165) is 33.4 Å². The summed E-state index contributed by atoms with van der Waals surface area (Å²) in [6.45, 7) is 0. The largest absolute Gasteiger partial charge is 0.478 e. The summed E-state index contributed by atoms with van der Waals surface area (Å²) < 4.78 is 0. The summed E-state index contributed by atoms with van der Waals surface area (Å²) in [4.78, 5) is 22.9. The van der Waals surface area contributed by atoms with E-state index in [-0.39, 0.29) is 11.1 Å². The number of hydrogen-bond acceptors (Lipinski definition) is 2. The molecule has 4 aromatic rings. The van der Waals surface area contributed by atoms with Crippen LogP contribution in [0.15, 0.2) is 97.1 Å². The van der Waals surface area contributed by atoms with E-state index >= 15 is 0 Å². The smallest absolute Gasteiger partial charge is 0.335 e. The maximum Gasteiger partial charge on any atom is 0.335 e. The van der Waals surface area contributed by atoms with Gasteiger partial charge in [-0.1, -0.05) is 72.8 Å². The topological polar surface area (TPSA) is 74.6 Å². The molecule has 150 valence electrons. The highest BCUT2D eigenvalue weighted by molar-refractivity contribution is 5.90. The highest BCUT2D eigenvalue weighted by Crippen LogP contribution is 2.55. The summed E-state index contributed by atoms with van der Waals surface area (Å²) in [7, 11) is 0. The predicted octanol–water partition coefficient (Wildman–Crippen LogP) is 5.45. The monoisotopic (exact) mass is 406 g/mol. The van der Waals surface area contributed by atoms with E-state index in [0.29, 0.717) is 0 Å². The van der Waals surface area contributed by atoms with Crippen LogP contribution in [0.1, 0.15) is 43.0 Å². The number of fused-ring (bicyclic) bond motifs is 3. The summed E-state index contributed by atoms with van der Waals surface area (Å²) in [5.74, 6) is -1.95. The average Bonchev–Trinajstić information content (AvgIpc) is 3.11. The fraction of sp³-hybridized carbons (Fsp3) is 0.0370. The lowest BCUT2D eigenvalue weighted by molar-refractivity contribution is 0.0686. The first-order valence-electron chi connectivity index (χ1n) is 9.90. The first-order valence-corrected chi connectivity index (χ1v) is 9.90. The molecule has 0 saturated carbocycles. The van der Waals surface area contributed by atoms with Crippen LogP contribution in [0.5, 0.6) is 0 Å². The maximum absolute atomic E-state index is 11.4. The van der Waals surface area contributed by atoms with Crippen LogP contribution in [0, 0.1) is 0 Å². The third-order valence-corrected chi connectivity index (χ3v) is 6.08. The average molecular weight is 406 g/mol. The van der Waals surface area contributed by atoms with Gasteiger partial charge < -0.3 is 10.2 Å². The van der Waals surface area contributed by atoms with Crippen LogP contribution >= 0.6 is 0 Å². The van der Waals surface area contributed by atoms with Gasteiger partial charge in [0.25, 0.3) is 0 Å². The minimum atomic E-state index is -0.973. The molecule has 4 aromatic carbocycles. The van der Waals surface area contributed by atoms with Gasteiger partial charge >= 0.3 is 11.9 Å². The molecule has 4 heteroatoms. The van der Waals surface area contributed by atoms with E-state index < -0.39 is 17.4 Å². The lowest BCUT2D eigenvalue weighted by atomic mass is 9.67. The molecule has 0 aromatic heterocycles.